The standard InChI is InChI=1S/C18H18N2O4/c1-11-13-7-6-12(23-2)9-16(13)24-17(11)18(22)20-10-15(21)14-5-3-4-8-19-14/h3-9,15,21H,10H2,1-2H3,(H,20,22). The number of rotatable bonds is 5. The molecule has 0 bridgehead atoms. The summed E-state index contributed by atoms with van der Waals surface area (Å²) in [5.74, 6) is 0.512. The number of amides is 1. The van der Waals surface area contributed by atoms with Crippen molar-refractivity contribution in [2.24, 2.45) is 0 Å². The molecule has 3 rings (SSSR count). The predicted octanol–water partition coefficient (Wildman–Crippen LogP) is 2.61. The second kappa shape index (κ2) is 6.72. The summed E-state index contributed by atoms with van der Waals surface area (Å²) in [5.41, 5.74) is 1.84. The van der Waals surface area contributed by atoms with Crippen LogP contribution < -0.4 is 10.1 Å². The van der Waals surface area contributed by atoms with Gasteiger partial charge in [0.05, 0.1) is 12.8 Å². The summed E-state index contributed by atoms with van der Waals surface area (Å²) in [7, 11) is 1.57. The molecule has 2 heterocycles. The van der Waals surface area contributed by atoms with Crippen molar-refractivity contribution in [1.29, 1.82) is 0 Å². The number of benzene rings is 1. The average molecular weight is 326 g/mol. The minimum absolute atomic E-state index is 0.0512. The molecule has 0 aliphatic carbocycles. The number of carbonyl (C=O) groups excluding carboxylic acids is 1. The van der Waals surface area contributed by atoms with Gasteiger partial charge in [-0.25, -0.2) is 0 Å². The molecule has 1 atom stereocenters. The number of hydrogen-bond acceptors (Lipinski definition) is 5. The second-order valence-corrected chi connectivity index (χ2v) is 5.40. The number of nitrogens with one attached hydrogen (secondary N) is 1. The third-order valence-corrected chi connectivity index (χ3v) is 3.84. The highest BCUT2D eigenvalue weighted by Crippen LogP contribution is 2.28. The van der Waals surface area contributed by atoms with E-state index in [1.807, 2.05) is 19.1 Å². The summed E-state index contributed by atoms with van der Waals surface area (Å²) in [6, 6.07) is 10.7. The molecule has 2 aromatic heterocycles. The van der Waals surface area contributed by atoms with Crippen LogP contribution in [-0.4, -0.2) is 29.7 Å². The molecular formula is C18H18N2O4. The van der Waals surface area contributed by atoms with E-state index in [1.54, 1.807) is 37.6 Å². The highest BCUT2D eigenvalue weighted by molar-refractivity contribution is 5.99. The Morgan fingerprint density at radius 3 is 2.92 bits per heavy atom. The minimum atomic E-state index is -0.875. The fourth-order valence-corrected chi connectivity index (χ4v) is 2.50. The van der Waals surface area contributed by atoms with Gasteiger partial charge in [0, 0.05) is 29.8 Å². The van der Waals surface area contributed by atoms with Crippen LogP contribution in [0.1, 0.15) is 27.9 Å². The van der Waals surface area contributed by atoms with Crippen molar-refractivity contribution in [3.05, 3.63) is 59.6 Å². The Kier molecular flexibility index (Phi) is 4.48. The topological polar surface area (TPSA) is 84.6 Å². The Morgan fingerprint density at radius 1 is 1.38 bits per heavy atom. The van der Waals surface area contributed by atoms with Crippen LogP contribution in [0.15, 0.2) is 47.0 Å². The lowest BCUT2D eigenvalue weighted by Gasteiger charge is -2.10. The molecule has 1 aromatic carbocycles. The van der Waals surface area contributed by atoms with Crippen LogP contribution in [0.4, 0.5) is 0 Å². The van der Waals surface area contributed by atoms with E-state index >= 15 is 0 Å². The van der Waals surface area contributed by atoms with Crippen LogP contribution >= 0.6 is 0 Å². The zero-order valence-corrected chi connectivity index (χ0v) is 13.4. The maximum Gasteiger partial charge on any atom is 0.287 e. The Labute approximate surface area is 139 Å². The van der Waals surface area contributed by atoms with Crippen LogP contribution in [0.3, 0.4) is 0 Å². The van der Waals surface area contributed by atoms with Gasteiger partial charge in [0.2, 0.25) is 0 Å². The largest absolute Gasteiger partial charge is 0.497 e. The van der Waals surface area contributed by atoms with Crippen molar-refractivity contribution >= 4 is 16.9 Å². The van der Waals surface area contributed by atoms with Crippen molar-refractivity contribution in [3.8, 4) is 5.75 Å². The summed E-state index contributed by atoms with van der Waals surface area (Å²) in [6.07, 6.45) is 0.719. The quantitative estimate of drug-likeness (QED) is 0.753. The molecule has 1 amide bonds. The number of nitrogens with zero attached hydrogens (tertiary/aromatic N) is 1. The number of ether oxygens (including phenoxy) is 1. The van der Waals surface area contributed by atoms with Crippen LogP contribution in [0, 0.1) is 6.92 Å². The van der Waals surface area contributed by atoms with Gasteiger partial charge in [-0.3, -0.25) is 9.78 Å². The molecule has 0 aliphatic heterocycles. The van der Waals surface area contributed by atoms with Gasteiger partial charge in [0.1, 0.15) is 17.4 Å². The van der Waals surface area contributed by atoms with Gasteiger partial charge in [-0.15, -0.1) is 0 Å². The first-order valence-electron chi connectivity index (χ1n) is 7.54. The van der Waals surface area contributed by atoms with Gasteiger partial charge in [-0.1, -0.05) is 6.07 Å². The van der Waals surface area contributed by atoms with E-state index in [2.05, 4.69) is 10.3 Å². The van der Waals surface area contributed by atoms with E-state index in [0.717, 1.165) is 10.9 Å². The van der Waals surface area contributed by atoms with E-state index in [0.29, 0.717) is 17.0 Å². The highest BCUT2D eigenvalue weighted by Gasteiger charge is 2.19. The molecule has 24 heavy (non-hydrogen) atoms. The highest BCUT2D eigenvalue weighted by atomic mass is 16.5. The van der Waals surface area contributed by atoms with Crippen LogP contribution in [0.2, 0.25) is 0 Å². The zero-order valence-electron chi connectivity index (χ0n) is 13.4. The SMILES string of the molecule is COc1ccc2c(C)c(C(=O)NCC(O)c3ccccn3)oc2c1. The van der Waals surface area contributed by atoms with E-state index < -0.39 is 6.10 Å². The third-order valence-electron chi connectivity index (χ3n) is 3.84. The third kappa shape index (κ3) is 3.09. The summed E-state index contributed by atoms with van der Waals surface area (Å²) in [6.45, 7) is 1.87. The molecule has 0 spiro atoms. The number of pyridine rings is 1. The van der Waals surface area contributed by atoms with Crippen molar-refractivity contribution < 1.29 is 19.1 Å². The van der Waals surface area contributed by atoms with Crippen LogP contribution in [0.5, 0.6) is 5.75 Å². The maximum absolute atomic E-state index is 12.4. The van der Waals surface area contributed by atoms with Gasteiger partial charge in [0.25, 0.3) is 5.91 Å². The fourth-order valence-electron chi connectivity index (χ4n) is 2.50. The van der Waals surface area contributed by atoms with Gasteiger partial charge < -0.3 is 19.6 Å². The molecule has 0 fully saturated rings. The number of hydrogen-bond donors (Lipinski definition) is 2. The molecule has 6 nitrogen and oxygen atoms in total. The molecule has 0 radical (unpaired) electrons. The number of methoxy groups -OCH3 is 1. The lowest BCUT2D eigenvalue weighted by Crippen LogP contribution is -2.28. The Morgan fingerprint density at radius 2 is 2.21 bits per heavy atom. The molecule has 1 unspecified atom stereocenters. The Bertz CT molecular complexity index is 858. The van der Waals surface area contributed by atoms with Gasteiger partial charge in [0.15, 0.2) is 5.76 Å². The number of fused-ring (bicyclic) bond motifs is 1. The normalized spacial score (nSPS) is 12.1. The van der Waals surface area contributed by atoms with Gasteiger partial charge >= 0.3 is 0 Å². The van der Waals surface area contributed by atoms with Crippen molar-refractivity contribution in [2.75, 3.05) is 13.7 Å². The number of aliphatic hydroxyl groups excluding tert-OH is 1. The smallest absolute Gasteiger partial charge is 0.287 e. The lowest BCUT2D eigenvalue weighted by atomic mass is 10.1. The number of aliphatic hydroxyl groups is 1. The van der Waals surface area contributed by atoms with Crippen LogP contribution in [-0.2, 0) is 0 Å². The van der Waals surface area contributed by atoms with Crippen molar-refractivity contribution in [3.63, 3.8) is 0 Å². The van der Waals surface area contributed by atoms with E-state index in [4.69, 9.17) is 9.15 Å². The first-order chi connectivity index (χ1) is 11.6. The maximum atomic E-state index is 12.4. The van der Waals surface area contributed by atoms with Crippen molar-refractivity contribution in [2.45, 2.75) is 13.0 Å². The lowest BCUT2D eigenvalue weighted by molar-refractivity contribution is 0.0888. The summed E-state index contributed by atoms with van der Waals surface area (Å²) in [5, 5.41) is 13.6. The summed E-state index contributed by atoms with van der Waals surface area (Å²) >= 11 is 0. The molecule has 2 N–H and O–H groups in total. The fraction of sp³-hybridized carbons (Fsp3) is 0.222. The van der Waals surface area contributed by atoms with Gasteiger partial charge in [-0.05, 0) is 31.2 Å². The molecule has 6 heteroatoms. The van der Waals surface area contributed by atoms with E-state index in [-0.39, 0.29) is 18.2 Å². The number of furan rings is 1. The molecule has 0 saturated carbocycles. The number of aromatic nitrogens is 1. The van der Waals surface area contributed by atoms with Crippen molar-refractivity contribution in [1.82, 2.24) is 10.3 Å². The van der Waals surface area contributed by atoms with E-state index in [9.17, 15) is 9.90 Å². The summed E-state index contributed by atoms with van der Waals surface area (Å²) < 4.78 is 10.8. The molecule has 0 saturated heterocycles. The first kappa shape index (κ1) is 16.0. The minimum Gasteiger partial charge on any atom is -0.497 e. The van der Waals surface area contributed by atoms with E-state index in [1.165, 1.54) is 0 Å². The Balaban J connectivity index is 1.75. The molecule has 124 valence electrons. The predicted molar refractivity (Wildman–Crippen MR) is 89.0 cm³/mol. The number of carbonyl (C=O) groups is 1. The molecule has 3 aromatic rings. The second-order valence-electron chi connectivity index (χ2n) is 5.40. The summed E-state index contributed by atoms with van der Waals surface area (Å²) in [4.78, 5) is 16.4. The molecule has 0 aliphatic rings. The number of aryl methyl sites for hydroxylation is 1. The molecular weight excluding hydrogens is 308 g/mol. The zero-order chi connectivity index (χ0) is 17.1. The van der Waals surface area contributed by atoms with Gasteiger partial charge in [-0.2, -0.15) is 0 Å². The monoisotopic (exact) mass is 326 g/mol. The first-order valence-corrected chi connectivity index (χ1v) is 7.54. The average Bonchev–Trinajstić information content (AvgIpc) is 2.96. The van der Waals surface area contributed by atoms with Crippen LogP contribution in [0.25, 0.3) is 11.0 Å². The Hall–Kier alpha value is -2.86.